The summed E-state index contributed by atoms with van der Waals surface area (Å²) in [6.45, 7) is 6.24. The predicted molar refractivity (Wildman–Crippen MR) is 87.6 cm³/mol. The molecule has 0 aliphatic heterocycles. The molecule has 1 rings (SSSR count). The summed E-state index contributed by atoms with van der Waals surface area (Å²) in [4.78, 5) is 0. The molecule has 20 heavy (non-hydrogen) atoms. The molecule has 1 atom stereocenters. The summed E-state index contributed by atoms with van der Waals surface area (Å²) in [6.07, 6.45) is 3.94. The minimum Gasteiger partial charge on any atom is -0.491 e. The van der Waals surface area contributed by atoms with Crippen molar-refractivity contribution in [2.45, 2.75) is 37.5 Å². The number of hydrogen-bond acceptors (Lipinski definition) is 4. The van der Waals surface area contributed by atoms with Crippen molar-refractivity contribution in [1.82, 2.24) is 5.32 Å². The molecule has 0 aromatic heterocycles. The molecule has 0 saturated heterocycles. The molecule has 0 fully saturated rings. The molecule has 1 unspecified atom stereocenters. The lowest BCUT2D eigenvalue weighted by atomic mass is 10.0. The van der Waals surface area contributed by atoms with Crippen LogP contribution in [0, 0.1) is 0 Å². The first-order valence-corrected chi connectivity index (χ1v) is 8.50. The van der Waals surface area contributed by atoms with Gasteiger partial charge in [0.2, 0.25) is 0 Å². The number of benzene rings is 1. The van der Waals surface area contributed by atoms with Gasteiger partial charge in [-0.1, -0.05) is 32.0 Å². The Morgan fingerprint density at radius 2 is 1.90 bits per heavy atom. The van der Waals surface area contributed by atoms with Crippen LogP contribution in [0.4, 0.5) is 0 Å². The summed E-state index contributed by atoms with van der Waals surface area (Å²) in [7, 11) is 0. The lowest BCUT2D eigenvalue weighted by Crippen LogP contribution is -2.41. The van der Waals surface area contributed by atoms with E-state index in [0.717, 1.165) is 25.1 Å². The molecule has 0 spiro atoms. The Morgan fingerprint density at radius 1 is 1.25 bits per heavy atom. The van der Waals surface area contributed by atoms with Crippen LogP contribution in [0.25, 0.3) is 0 Å². The molecular weight excluding hydrogens is 270 g/mol. The molecular formula is C16H27NO2S. The van der Waals surface area contributed by atoms with Gasteiger partial charge in [-0.15, -0.1) is 0 Å². The molecule has 0 aliphatic rings. The highest BCUT2D eigenvalue weighted by molar-refractivity contribution is 8.00. The normalized spacial score (nSPS) is 13.2. The third-order valence-electron chi connectivity index (χ3n) is 3.73. The molecule has 114 valence electrons. The van der Waals surface area contributed by atoms with Crippen LogP contribution in [-0.2, 0) is 0 Å². The van der Waals surface area contributed by atoms with Gasteiger partial charge in [0.05, 0.1) is 0 Å². The molecule has 0 heterocycles. The van der Waals surface area contributed by atoms with Crippen LogP contribution in [0.3, 0.4) is 0 Å². The SMILES string of the molecule is CCC(CC)(CNCC(O)COc1ccccc1)SC. The molecule has 2 N–H and O–H groups in total. The van der Waals surface area contributed by atoms with E-state index in [1.54, 1.807) is 0 Å². The second-order valence-corrected chi connectivity index (χ2v) is 6.28. The molecule has 0 aliphatic carbocycles. The van der Waals surface area contributed by atoms with E-state index in [0.29, 0.717) is 13.2 Å². The zero-order chi connectivity index (χ0) is 14.8. The van der Waals surface area contributed by atoms with Crippen molar-refractivity contribution in [1.29, 1.82) is 0 Å². The van der Waals surface area contributed by atoms with Crippen molar-refractivity contribution in [3.05, 3.63) is 30.3 Å². The molecule has 0 amide bonds. The van der Waals surface area contributed by atoms with Gasteiger partial charge in [-0.05, 0) is 31.2 Å². The number of aliphatic hydroxyl groups is 1. The van der Waals surface area contributed by atoms with Crippen molar-refractivity contribution in [3.63, 3.8) is 0 Å². The minimum absolute atomic E-state index is 0.278. The van der Waals surface area contributed by atoms with E-state index in [1.807, 2.05) is 42.1 Å². The summed E-state index contributed by atoms with van der Waals surface area (Å²) in [6, 6.07) is 9.59. The topological polar surface area (TPSA) is 41.5 Å². The van der Waals surface area contributed by atoms with Crippen LogP contribution >= 0.6 is 11.8 Å². The Hall–Kier alpha value is -0.710. The summed E-state index contributed by atoms with van der Waals surface area (Å²) in [5.74, 6) is 0.798. The smallest absolute Gasteiger partial charge is 0.119 e. The third-order valence-corrected chi connectivity index (χ3v) is 5.32. The average Bonchev–Trinajstić information content (AvgIpc) is 2.51. The maximum Gasteiger partial charge on any atom is 0.119 e. The van der Waals surface area contributed by atoms with E-state index in [2.05, 4.69) is 25.4 Å². The van der Waals surface area contributed by atoms with Gasteiger partial charge < -0.3 is 15.2 Å². The lowest BCUT2D eigenvalue weighted by molar-refractivity contribution is 0.106. The number of rotatable bonds is 10. The Labute approximate surface area is 127 Å². The molecule has 4 heteroatoms. The van der Waals surface area contributed by atoms with E-state index in [4.69, 9.17) is 4.74 Å². The van der Waals surface area contributed by atoms with Crippen LogP contribution in [0.5, 0.6) is 5.75 Å². The van der Waals surface area contributed by atoms with Gasteiger partial charge in [0.15, 0.2) is 0 Å². The number of nitrogens with one attached hydrogen (secondary N) is 1. The molecule has 3 nitrogen and oxygen atoms in total. The maximum absolute atomic E-state index is 9.93. The zero-order valence-electron chi connectivity index (χ0n) is 12.8. The molecule has 1 aromatic carbocycles. The standard InChI is InChI=1S/C16H27NO2S/c1-4-16(5-2,20-3)13-17-11-14(18)12-19-15-9-7-6-8-10-15/h6-10,14,17-18H,4-5,11-13H2,1-3H3. The lowest BCUT2D eigenvalue weighted by Gasteiger charge is -2.30. The largest absolute Gasteiger partial charge is 0.491 e. The van der Waals surface area contributed by atoms with Crippen LogP contribution in [-0.4, -0.2) is 41.9 Å². The van der Waals surface area contributed by atoms with Crippen LogP contribution in [0.2, 0.25) is 0 Å². The number of aliphatic hydroxyl groups excluding tert-OH is 1. The first-order valence-electron chi connectivity index (χ1n) is 7.27. The van der Waals surface area contributed by atoms with E-state index in [1.165, 1.54) is 0 Å². The Morgan fingerprint density at radius 3 is 2.45 bits per heavy atom. The maximum atomic E-state index is 9.93. The Bertz CT molecular complexity index is 346. The monoisotopic (exact) mass is 297 g/mol. The first-order chi connectivity index (χ1) is 9.65. The van der Waals surface area contributed by atoms with Crippen LogP contribution < -0.4 is 10.1 Å². The van der Waals surface area contributed by atoms with Gasteiger partial charge in [-0.2, -0.15) is 11.8 Å². The number of para-hydroxylation sites is 1. The van der Waals surface area contributed by atoms with Crippen molar-refractivity contribution in [2.24, 2.45) is 0 Å². The fourth-order valence-corrected chi connectivity index (χ4v) is 2.92. The van der Waals surface area contributed by atoms with Gasteiger partial charge in [0.25, 0.3) is 0 Å². The second-order valence-electron chi connectivity index (χ2n) is 5.00. The fourth-order valence-electron chi connectivity index (χ4n) is 2.10. The Kier molecular flexibility index (Phi) is 8.04. The zero-order valence-corrected chi connectivity index (χ0v) is 13.6. The highest BCUT2D eigenvalue weighted by Crippen LogP contribution is 2.29. The van der Waals surface area contributed by atoms with E-state index in [9.17, 15) is 5.11 Å². The van der Waals surface area contributed by atoms with E-state index >= 15 is 0 Å². The quantitative estimate of drug-likeness (QED) is 0.697. The van der Waals surface area contributed by atoms with Gasteiger partial charge in [-0.3, -0.25) is 0 Å². The number of hydrogen-bond donors (Lipinski definition) is 2. The summed E-state index contributed by atoms with van der Waals surface area (Å²) in [5.41, 5.74) is 0. The van der Waals surface area contributed by atoms with E-state index < -0.39 is 6.10 Å². The highest BCUT2D eigenvalue weighted by atomic mass is 32.2. The van der Waals surface area contributed by atoms with Crippen molar-refractivity contribution < 1.29 is 9.84 Å². The van der Waals surface area contributed by atoms with Crippen LogP contribution in [0.1, 0.15) is 26.7 Å². The van der Waals surface area contributed by atoms with Crippen molar-refractivity contribution in [2.75, 3.05) is 26.0 Å². The molecule has 0 bridgehead atoms. The fraction of sp³-hybridized carbons (Fsp3) is 0.625. The van der Waals surface area contributed by atoms with Crippen LogP contribution in [0.15, 0.2) is 30.3 Å². The highest BCUT2D eigenvalue weighted by Gasteiger charge is 2.24. The van der Waals surface area contributed by atoms with Gasteiger partial charge in [0, 0.05) is 17.8 Å². The summed E-state index contributed by atoms with van der Waals surface area (Å²) in [5, 5.41) is 13.3. The van der Waals surface area contributed by atoms with Crippen molar-refractivity contribution in [3.8, 4) is 5.75 Å². The average molecular weight is 297 g/mol. The number of ether oxygens (including phenoxy) is 1. The Balaban J connectivity index is 2.24. The van der Waals surface area contributed by atoms with Gasteiger partial charge >= 0.3 is 0 Å². The second kappa shape index (κ2) is 9.27. The first kappa shape index (κ1) is 17.3. The molecule has 1 aromatic rings. The van der Waals surface area contributed by atoms with Gasteiger partial charge in [0.1, 0.15) is 18.5 Å². The number of thioether (sulfide) groups is 1. The predicted octanol–water partition coefficient (Wildman–Crippen LogP) is 2.94. The minimum atomic E-state index is -0.483. The molecule has 0 radical (unpaired) electrons. The van der Waals surface area contributed by atoms with Gasteiger partial charge in [-0.25, -0.2) is 0 Å². The third kappa shape index (κ3) is 5.73. The summed E-state index contributed by atoms with van der Waals surface area (Å²) >= 11 is 1.90. The summed E-state index contributed by atoms with van der Waals surface area (Å²) < 4.78 is 5.81. The molecule has 0 saturated carbocycles. The van der Waals surface area contributed by atoms with E-state index in [-0.39, 0.29) is 4.75 Å². The van der Waals surface area contributed by atoms with Crippen molar-refractivity contribution >= 4 is 11.8 Å².